The first-order valence-electron chi connectivity index (χ1n) is 6.42. The number of carboxylic acid groups (broad SMARTS) is 1. The van der Waals surface area contributed by atoms with Gasteiger partial charge >= 0.3 is 5.97 Å². The summed E-state index contributed by atoms with van der Waals surface area (Å²) in [6, 6.07) is 1.99. The Balaban J connectivity index is 2.24. The number of ether oxygens (including phenoxy) is 1. The van der Waals surface area contributed by atoms with Crippen LogP contribution in [0.4, 0.5) is 8.78 Å². The van der Waals surface area contributed by atoms with E-state index in [2.05, 4.69) is 0 Å². The highest BCUT2D eigenvalue weighted by Crippen LogP contribution is 2.25. The molecule has 2 rings (SSSR count). The third-order valence-electron chi connectivity index (χ3n) is 3.49. The number of hydrogen-bond donors (Lipinski definition) is 1. The molecule has 1 aromatic carbocycles. The van der Waals surface area contributed by atoms with Crippen molar-refractivity contribution < 1.29 is 28.2 Å². The third kappa shape index (κ3) is 3.55. The molecule has 1 saturated heterocycles. The van der Waals surface area contributed by atoms with Gasteiger partial charge in [0.05, 0.1) is 12.5 Å². The van der Waals surface area contributed by atoms with Crippen LogP contribution in [0.25, 0.3) is 0 Å². The van der Waals surface area contributed by atoms with Crippen LogP contribution in [0, 0.1) is 11.6 Å². The summed E-state index contributed by atoms with van der Waals surface area (Å²) in [4.78, 5) is 24.5. The predicted molar refractivity (Wildman–Crippen MR) is 68.8 cm³/mol. The standard InChI is InChI=1S/C14H15F2NO4/c1-21-12-5-11(6-13(18)19)17(7-12)14(20)8-2-9(15)4-10(16)3-8/h2-4,11-12H,5-7H2,1H3,(H,18,19). The monoisotopic (exact) mass is 299 g/mol. The van der Waals surface area contributed by atoms with Gasteiger partial charge in [-0.1, -0.05) is 0 Å². The van der Waals surface area contributed by atoms with Gasteiger partial charge in [0.1, 0.15) is 11.6 Å². The summed E-state index contributed by atoms with van der Waals surface area (Å²) in [5, 5.41) is 8.89. The van der Waals surface area contributed by atoms with Crippen molar-refractivity contribution in [1.82, 2.24) is 4.90 Å². The van der Waals surface area contributed by atoms with Crippen LogP contribution in [0.2, 0.25) is 0 Å². The number of likely N-dealkylation sites (tertiary alicyclic amines) is 1. The molecule has 1 amide bonds. The normalized spacial score (nSPS) is 21.6. The van der Waals surface area contributed by atoms with Gasteiger partial charge in [0.2, 0.25) is 0 Å². The topological polar surface area (TPSA) is 66.8 Å². The first-order valence-corrected chi connectivity index (χ1v) is 6.42. The lowest BCUT2D eigenvalue weighted by atomic mass is 10.1. The molecule has 21 heavy (non-hydrogen) atoms. The van der Waals surface area contributed by atoms with Crippen molar-refractivity contribution in [1.29, 1.82) is 0 Å². The molecule has 114 valence electrons. The van der Waals surface area contributed by atoms with Crippen molar-refractivity contribution in [2.45, 2.75) is 25.0 Å². The fourth-order valence-corrected chi connectivity index (χ4v) is 2.53. The molecule has 7 heteroatoms. The lowest BCUT2D eigenvalue weighted by molar-refractivity contribution is -0.138. The van der Waals surface area contributed by atoms with E-state index in [0.29, 0.717) is 12.5 Å². The zero-order chi connectivity index (χ0) is 15.6. The summed E-state index contributed by atoms with van der Waals surface area (Å²) in [5.74, 6) is -3.34. The number of amides is 1. The van der Waals surface area contributed by atoms with Gasteiger partial charge in [-0.15, -0.1) is 0 Å². The molecule has 1 heterocycles. The van der Waals surface area contributed by atoms with E-state index in [1.807, 2.05) is 0 Å². The van der Waals surface area contributed by atoms with Gasteiger partial charge in [-0.05, 0) is 18.6 Å². The number of carbonyl (C=O) groups excluding carboxylic acids is 1. The summed E-state index contributed by atoms with van der Waals surface area (Å²) >= 11 is 0. The molecule has 0 radical (unpaired) electrons. The molecule has 0 spiro atoms. The minimum absolute atomic E-state index is 0.139. The summed E-state index contributed by atoms with van der Waals surface area (Å²) in [6.45, 7) is 0.200. The lowest BCUT2D eigenvalue weighted by Crippen LogP contribution is -2.37. The van der Waals surface area contributed by atoms with E-state index < -0.39 is 29.6 Å². The predicted octanol–water partition coefficient (Wildman–Crippen LogP) is 1.67. The average Bonchev–Trinajstić information content (AvgIpc) is 2.79. The van der Waals surface area contributed by atoms with E-state index in [9.17, 15) is 18.4 Å². The summed E-state index contributed by atoms with van der Waals surface area (Å²) in [5.41, 5.74) is -0.139. The van der Waals surface area contributed by atoms with Crippen LogP contribution in [0.3, 0.4) is 0 Å². The Morgan fingerprint density at radius 3 is 2.48 bits per heavy atom. The van der Waals surface area contributed by atoms with Crippen molar-refractivity contribution >= 4 is 11.9 Å². The zero-order valence-corrected chi connectivity index (χ0v) is 11.4. The number of nitrogens with zero attached hydrogens (tertiary/aromatic N) is 1. The maximum Gasteiger partial charge on any atom is 0.305 e. The third-order valence-corrected chi connectivity index (χ3v) is 3.49. The molecule has 1 N–H and O–H groups in total. The van der Waals surface area contributed by atoms with Crippen LogP contribution in [-0.4, -0.2) is 47.7 Å². The molecular weight excluding hydrogens is 284 g/mol. The molecule has 2 atom stereocenters. The Bertz CT molecular complexity index is 544. The van der Waals surface area contributed by atoms with Gasteiger partial charge in [0, 0.05) is 31.3 Å². The number of rotatable bonds is 4. The van der Waals surface area contributed by atoms with Crippen LogP contribution in [0.1, 0.15) is 23.2 Å². The highest BCUT2D eigenvalue weighted by atomic mass is 19.1. The smallest absolute Gasteiger partial charge is 0.305 e. The fraction of sp³-hybridized carbons (Fsp3) is 0.429. The SMILES string of the molecule is COC1CC(CC(=O)O)N(C(=O)c2cc(F)cc(F)c2)C1. The molecule has 1 fully saturated rings. The molecule has 1 aromatic rings. The van der Waals surface area contributed by atoms with E-state index in [1.54, 1.807) is 0 Å². The van der Waals surface area contributed by atoms with Crippen LogP contribution < -0.4 is 0 Å². The van der Waals surface area contributed by atoms with Gasteiger partial charge in [0.25, 0.3) is 5.91 Å². The molecule has 0 saturated carbocycles. The van der Waals surface area contributed by atoms with E-state index in [0.717, 1.165) is 12.1 Å². The summed E-state index contributed by atoms with van der Waals surface area (Å²) < 4.78 is 31.5. The lowest BCUT2D eigenvalue weighted by Gasteiger charge is -2.23. The van der Waals surface area contributed by atoms with Crippen LogP contribution in [0.5, 0.6) is 0 Å². The van der Waals surface area contributed by atoms with Crippen LogP contribution in [0.15, 0.2) is 18.2 Å². The second-order valence-electron chi connectivity index (χ2n) is 4.96. The Hall–Kier alpha value is -2.02. The van der Waals surface area contributed by atoms with Gasteiger partial charge in [-0.3, -0.25) is 9.59 Å². The molecular formula is C14H15F2NO4. The van der Waals surface area contributed by atoms with Crippen molar-refractivity contribution in [2.24, 2.45) is 0 Å². The minimum Gasteiger partial charge on any atom is -0.481 e. The van der Waals surface area contributed by atoms with Crippen molar-refractivity contribution in [3.05, 3.63) is 35.4 Å². The molecule has 0 aliphatic carbocycles. The Morgan fingerprint density at radius 1 is 1.33 bits per heavy atom. The van der Waals surface area contributed by atoms with Gasteiger partial charge in [-0.25, -0.2) is 8.78 Å². The Kier molecular flexibility index (Phi) is 4.52. The van der Waals surface area contributed by atoms with Gasteiger partial charge in [-0.2, -0.15) is 0 Å². The number of hydrogen-bond acceptors (Lipinski definition) is 3. The number of aliphatic carboxylic acids is 1. The fourth-order valence-electron chi connectivity index (χ4n) is 2.53. The van der Waals surface area contributed by atoms with E-state index in [-0.39, 0.29) is 24.6 Å². The number of carboxylic acids is 1. The van der Waals surface area contributed by atoms with Crippen molar-refractivity contribution in [3.63, 3.8) is 0 Å². The Labute approximate surface area is 120 Å². The van der Waals surface area contributed by atoms with Crippen molar-refractivity contribution in [3.8, 4) is 0 Å². The second-order valence-corrected chi connectivity index (χ2v) is 4.96. The first-order chi connectivity index (χ1) is 9.90. The van der Waals surface area contributed by atoms with Crippen molar-refractivity contribution in [2.75, 3.05) is 13.7 Å². The van der Waals surface area contributed by atoms with Crippen LogP contribution >= 0.6 is 0 Å². The van der Waals surface area contributed by atoms with E-state index in [1.165, 1.54) is 12.0 Å². The van der Waals surface area contributed by atoms with E-state index in [4.69, 9.17) is 9.84 Å². The number of halogens is 2. The summed E-state index contributed by atoms with van der Waals surface area (Å²) in [7, 11) is 1.47. The molecule has 0 bridgehead atoms. The maximum absolute atomic E-state index is 13.2. The molecule has 1 aliphatic heterocycles. The maximum atomic E-state index is 13.2. The number of methoxy groups -OCH3 is 1. The molecule has 0 aromatic heterocycles. The molecule has 2 unspecified atom stereocenters. The highest BCUT2D eigenvalue weighted by Gasteiger charge is 2.37. The first kappa shape index (κ1) is 15.4. The molecule has 1 aliphatic rings. The van der Waals surface area contributed by atoms with Crippen LogP contribution in [-0.2, 0) is 9.53 Å². The second kappa shape index (κ2) is 6.17. The molecule has 5 nitrogen and oxygen atoms in total. The minimum atomic E-state index is -1.04. The summed E-state index contributed by atoms with van der Waals surface area (Å²) in [6.07, 6.45) is -0.132. The average molecular weight is 299 g/mol. The number of carbonyl (C=O) groups is 2. The zero-order valence-electron chi connectivity index (χ0n) is 11.4. The highest BCUT2D eigenvalue weighted by molar-refractivity contribution is 5.95. The van der Waals surface area contributed by atoms with Gasteiger partial charge in [0.15, 0.2) is 0 Å². The quantitative estimate of drug-likeness (QED) is 0.918. The van der Waals surface area contributed by atoms with E-state index >= 15 is 0 Å². The Morgan fingerprint density at radius 2 is 1.95 bits per heavy atom. The van der Waals surface area contributed by atoms with Gasteiger partial charge < -0.3 is 14.7 Å². The number of benzene rings is 1. The largest absolute Gasteiger partial charge is 0.481 e.